The van der Waals surface area contributed by atoms with Crippen LogP contribution in [-0.2, 0) is 38.9 Å². The SMILES string of the molecule is CC(/C=C(/C)[N-]c1cccc(/N=C(C)/C=C(/C)[N-]c2c(C(C)C)cccc2C(C)C)n1)=Nc1c(C(C)C)cccc1C(C)C.CCOCC.[Cu+].[Cu+].c1ccc([PH+](c2ccccc2)c2ccccc2)cc1.c1ccc([PH+](c2ccccc2)c2ccccc2)cc1. The number of allylic oxidation sites excluding steroid dienone is 4. The van der Waals surface area contributed by atoms with Gasteiger partial charge in [0.25, 0.3) is 0 Å². The zero-order valence-corrected chi connectivity index (χ0v) is 58.5. The molecule has 10 heteroatoms. The summed E-state index contributed by atoms with van der Waals surface area (Å²) in [7, 11) is -1.75. The van der Waals surface area contributed by atoms with E-state index in [0.717, 1.165) is 47.4 Å². The first-order chi connectivity index (χ1) is 42.1. The Labute approximate surface area is 558 Å². The van der Waals surface area contributed by atoms with Crippen molar-refractivity contribution in [1.29, 1.82) is 0 Å². The second-order valence-corrected chi connectivity index (χ2v) is 27.5. The maximum Gasteiger partial charge on any atom is 1.00 e. The molecule has 1 aromatic heterocycles. The number of hydrogen-bond acceptors (Lipinski definition) is 4. The van der Waals surface area contributed by atoms with Crippen LogP contribution in [0.25, 0.3) is 10.6 Å². The van der Waals surface area contributed by atoms with Crippen molar-refractivity contribution in [2.45, 2.75) is 121 Å². The fourth-order valence-electron chi connectivity index (χ4n) is 10.1. The summed E-state index contributed by atoms with van der Waals surface area (Å²) in [6.45, 7) is 31.4. The van der Waals surface area contributed by atoms with Crippen molar-refractivity contribution in [1.82, 2.24) is 4.98 Å². The fourth-order valence-corrected chi connectivity index (χ4v) is 15.3. The molecule has 0 aliphatic carbocycles. The molecule has 0 unspecified atom stereocenters. The predicted molar refractivity (Wildman–Crippen MR) is 388 cm³/mol. The fraction of sp³-hybridized carbons (Fsp3) is 0.253. The normalized spacial score (nSPS) is 11.6. The van der Waals surface area contributed by atoms with Crippen LogP contribution in [0, 0.1) is 0 Å². The van der Waals surface area contributed by atoms with Crippen molar-refractivity contribution < 1.29 is 38.9 Å². The van der Waals surface area contributed by atoms with Crippen molar-refractivity contribution in [2.24, 2.45) is 9.98 Å². The van der Waals surface area contributed by atoms with Crippen LogP contribution in [0.1, 0.15) is 143 Å². The van der Waals surface area contributed by atoms with Gasteiger partial charge in [-0.2, -0.15) is 5.70 Å². The molecule has 9 aromatic rings. The number of pyridine rings is 1. The molecule has 0 radical (unpaired) electrons. The van der Waals surface area contributed by atoms with Crippen LogP contribution >= 0.6 is 15.8 Å². The van der Waals surface area contributed by atoms with Crippen LogP contribution in [0.4, 0.5) is 23.0 Å². The molecule has 0 N–H and O–H groups in total. The third-order valence-corrected chi connectivity index (χ3v) is 19.6. The topological polar surface area (TPSA) is 75.0 Å². The first kappa shape index (κ1) is 74.7. The molecule has 9 rings (SSSR count). The predicted octanol–water partition coefficient (Wildman–Crippen LogP) is 20.4. The summed E-state index contributed by atoms with van der Waals surface area (Å²) in [6.07, 6.45) is 4.02. The molecular formula is C79H93Cu2N5OP2+2. The van der Waals surface area contributed by atoms with Crippen molar-refractivity contribution in [3.05, 3.63) is 293 Å². The number of para-hydroxylation sites is 2. The Kier molecular flexibility index (Phi) is 33.6. The number of aromatic nitrogens is 1. The van der Waals surface area contributed by atoms with Crippen molar-refractivity contribution in [3.8, 4) is 0 Å². The van der Waals surface area contributed by atoms with E-state index in [0.29, 0.717) is 35.3 Å². The van der Waals surface area contributed by atoms with Gasteiger partial charge in [0.2, 0.25) is 0 Å². The van der Waals surface area contributed by atoms with Crippen molar-refractivity contribution in [2.75, 3.05) is 13.2 Å². The maximum atomic E-state index is 5.05. The Morgan fingerprint density at radius 2 is 0.674 bits per heavy atom. The van der Waals surface area contributed by atoms with Crippen LogP contribution in [0.3, 0.4) is 0 Å². The molecule has 0 aliphatic heterocycles. The van der Waals surface area contributed by atoms with Crippen LogP contribution in [0.2, 0.25) is 0 Å². The van der Waals surface area contributed by atoms with E-state index < -0.39 is 15.8 Å². The van der Waals surface area contributed by atoms with Gasteiger partial charge in [-0.05, 0) is 154 Å². The molecule has 0 spiro atoms. The minimum atomic E-state index is -0.877. The molecule has 0 saturated heterocycles. The van der Waals surface area contributed by atoms with E-state index in [2.05, 4.69) is 279 Å². The summed E-state index contributed by atoms with van der Waals surface area (Å²) >= 11 is 0. The van der Waals surface area contributed by atoms with Gasteiger partial charge in [0.05, 0.1) is 27.3 Å². The Bertz CT molecular complexity index is 3220. The number of ether oxygens (including phenoxy) is 1. The van der Waals surface area contributed by atoms with Gasteiger partial charge in [-0.3, -0.25) is 9.98 Å². The first-order valence-corrected chi connectivity index (χ1v) is 33.9. The molecule has 8 aromatic carbocycles. The third kappa shape index (κ3) is 24.2. The summed E-state index contributed by atoms with van der Waals surface area (Å²) in [5, 5.41) is 18.4. The smallest absolute Gasteiger partial charge is 0.661 e. The molecule has 0 amide bonds. The van der Waals surface area contributed by atoms with E-state index in [1.165, 1.54) is 54.1 Å². The zero-order chi connectivity index (χ0) is 62.5. The Hall–Kier alpha value is -6.81. The Balaban J connectivity index is 0.000000307. The van der Waals surface area contributed by atoms with E-state index in [9.17, 15) is 0 Å². The van der Waals surface area contributed by atoms with E-state index >= 15 is 0 Å². The molecule has 0 fully saturated rings. The van der Waals surface area contributed by atoms with E-state index in [1.807, 2.05) is 71.9 Å². The summed E-state index contributed by atoms with van der Waals surface area (Å²) in [5.74, 6) is 2.81. The standard InChI is InChI=1S/C39H51N5.2C18H15P.C4H10O.2Cu/c1-24(2)32-16-13-17-33(25(3)4)38(32)42-30(11)22-28(9)40-36-20-15-21-37(44-36)41-29(10)23-31(12)43-39-34(26(5)6)18-14-19-35(39)27(7)8;2*1-4-10-16(11-5-1)19(17-12-6-2-7-13-17)18-14-8-3-9-15-18;1-3-5-4-2;;/h13-27H,1-12H3;2*1-15H;3-4H2,1-2H3;;/q-2;;;;2*+1/p+2/b28-22-,31-23-,41-29+,42-30?;;;;;. The average Bonchev–Trinajstić information content (AvgIpc) is 2.60. The van der Waals surface area contributed by atoms with Crippen LogP contribution in [-0.4, -0.2) is 29.6 Å². The first-order valence-electron chi connectivity index (χ1n) is 30.9. The van der Waals surface area contributed by atoms with Gasteiger partial charge in [0, 0.05) is 24.6 Å². The van der Waals surface area contributed by atoms with Gasteiger partial charge in [0.15, 0.2) is 0 Å². The van der Waals surface area contributed by atoms with Gasteiger partial charge >= 0.3 is 34.1 Å². The third-order valence-electron chi connectivity index (χ3n) is 14.2. The van der Waals surface area contributed by atoms with Gasteiger partial charge in [-0.15, -0.1) is 5.69 Å². The minimum absolute atomic E-state index is 0. The van der Waals surface area contributed by atoms with Gasteiger partial charge in [0.1, 0.15) is 31.8 Å². The van der Waals surface area contributed by atoms with Crippen molar-refractivity contribution in [3.63, 3.8) is 0 Å². The molecule has 1 heterocycles. The average molecular weight is 1320 g/mol. The summed E-state index contributed by atoms with van der Waals surface area (Å²) in [4.78, 5) is 14.5. The van der Waals surface area contributed by atoms with Crippen LogP contribution in [0.5, 0.6) is 0 Å². The van der Waals surface area contributed by atoms with E-state index in [4.69, 9.17) is 25.4 Å². The quantitative estimate of drug-likeness (QED) is 0.0433. The maximum absolute atomic E-state index is 5.05. The number of nitrogens with zero attached hydrogens (tertiary/aromatic N) is 5. The monoisotopic (exact) mass is 1320 g/mol. The summed E-state index contributed by atoms with van der Waals surface area (Å²) in [6, 6.07) is 83.7. The van der Waals surface area contributed by atoms with Crippen molar-refractivity contribution >= 4 is 82.1 Å². The molecular weight excluding hydrogens is 1220 g/mol. The largest absolute Gasteiger partial charge is 1.00 e. The second-order valence-electron chi connectivity index (χ2n) is 22.6. The van der Waals surface area contributed by atoms with E-state index in [-0.39, 0.29) is 34.1 Å². The number of aliphatic imine (C=N–C) groups is 2. The van der Waals surface area contributed by atoms with Crippen LogP contribution in [0.15, 0.2) is 270 Å². The molecule has 89 heavy (non-hydrogen) atoms. The Morgan fingerprint density at radius 1 is 0.382 bits per heavy atom. The molecule has 0 saturated carbocycles. The summed E-state index contributed by atoms with van der Waals surface area (Å²) in [5.41, 5.74) is 10.7. The number of rotatable bonds is 20. The number of benzene rings is 8. The summed E-state index contributed by atoms with van der Waals surface area (Å²) < 4.78 is 4.83. The molecule has 470 valence electrons. The number of hydrogen-bond donors (Lipinski definition) is 0. The second kappa shape index (κ2) is 40.0. The Morgan fingerprint density at radius 3 is 0.978 bits per heavy atom. The zero-order valence-electron chi connectivity index (χ0n) is 54.6. The molecule has 0 bridgehead atoms. The molecule has 6 nitrogen and oxygen atoms in total. The molecule has 0 aliphatic rings. The molecule has 0 atom stereocenters. The van der Waals surface area contributed by atoms with Gasteiger partial charge < -0.3 is 20.4 Å². The van der Waals surface area contributed by atoms with Crippen LogP contribution < -0.4 is 31.8 Å². The van der Waals surface area contributed by atoms with E-state index in [1.54, 1.807) is 0 Å². The van der Waals surface area contributed by atoms with Gasteiger partial charge in [-0.1, -0.05) is 249 Å². The minimum Gasteiger partial charge on any atom is -0.661 e. The van der Waals surface area contributed by atoms with Gasteiger partial charge in [-0.25, -0.2) is 0 Å².